The Hall–Kier alpha value is -3.20. The van der Waals surface area contributed by atoms with E-state index in [-0.39, 0.29) is 5.41 Å². The van der Waals surface area contributed by atoms with Crippen LogP contribution in [0.1, 0.15) is 33.4 Å². The lowest BCUT2D eigenvalue weighted by Crippen LogP contribution is -2.63. The van der Waals surface area contributed by atoms with Crippen molar-refractivity contribution in [3.63, 3.8) is 0 Å². The van der Waals surface area contributed by atoms with Crippen molar-refractivity contribution in [3.8, 4) is 22.3 Å². The standard InChI is InChI=1S/C37H44N2/c1-25-13-26(2)16-31(15-25)29-9-11-35-33(19-29)21-37(23-38(35,5)6)22-34-20-30(10-12-36(34)39(7,8)24-37)32-17-27(3)14-28(4)18-32/h9-20H,21-24H2,1-8H3/q+2. The van der Waals surface area contributed by atoms with E-state index in [0.29, 0.717) is 0 Å². The maximum Gasteiger partial charge on any atom is 0.135 e. The van der Waals surface area contributed by atoms with Crippen LogP contribution in [-0.4, -0.2) is 41.3 Å². The number of rotatable bonds is 2. The fraction of sp³-hybridized carbons (Fsp3) is 0.351. The van der Waals surface area contributed by atoms with Crippen LogP contribution in [0, 0.1) is 33.1 Å². The SMILES string of the molecule is Cc1cc(C)cc(-c2ccc3c(c2)CC2(Cc4cc(-c5cc(C)cc(C)c5)ccc4[N+](C)(C)C2)C[N+]3(C)C)c1. The number of nitrogens with zero attached hydrogens (tertiary/aromatic N) is 2. The van der Waals surface area contributed by atoms with Crippen molar-refractivity contribution < 1.29 is 0 Å². The van der Waals surface area contributed by atoms with Crippen LogP contribution in [0.3, 0.4) is 0 Å². The van der Waals surface area contributed by atoms with E-state index in [1.54, 1.807) is 0 Å². The zero-order valence-electron chi connectivity index (χ0n) is 25.2. The van der Waals surface area contributed by atoms with Gasteiger partial charge < -0.3 is 0 Å². The summed E-state index contributed by atoms with van der Waals surface area (Å²) in [6, 6.07) is 28.4. The van der Waals surface area contributed by atoms with E-state index in [0.717, 1.165) is 34.9 Å². The molecule has 0 saturated heterocycles. The van der Waals surface area contributed by atoms with Crippen molar-refractivity contribution in [3.05, 3.63) is 106 Å². The van der Waals surface area contributed by atoms with Gasteiger partial charge in [-0.05, 0) is 99.2 Å². The van der Waals surface area contributed by atoms with Crippen LogP contribution in [0.15, 0.2) is 72.8 Å². The molecule has 0 radical (unpaired) electrons. The van der Waals surface area contributed by atoms with Crippen LogP contribution in [0.2, 0.25) is 0 Å². The lowest BCUT2D eigenvalue weighted by Gasteiger charge is -2.51. The average molecular weight is 517 g/mol. The largest absolute Gasteiger partial charge is 0.295 e. The molecule has 4 aromatic rings. The highest BCUT2D eigenvalue weighted by atomic mass is 15.4. The van der Waals surface area contributed by atoms with Crippen LogP contribution >= 0.6 is 0 Å². The minimum atomic E-state index is 0.218. The summed E-state index contributed by atoms with van der Waals surface area (Å²) in [5, 5.41) is 0. The third kappa shape index (κ3) is 4.75. The molecule has 200 valence electrons. The molecule has 2 aliphatic heterocycles. The molecule has 0 N–H and O–H groups in total. The van der Waals surface area contributed by atoms with Gasteiger partial charge in [-0.2, -0.15) is 0 Å². The van der Waals surface area contributed by atoms with E-state index < -0.39 is 0 Å². The van der Waals surface area contributed by atoms with Crippen molar-refractivity contribution in [2.45, 2.75) is 40.5 Å². The molecule has 0 atom stereocenters. The smallest absolute Gasteiger partial charge is 0.135 e. The van der Waals surface area contributed by atoms with Gasteiger partial charge in [0.05, 0.1) is 46.7 Å². The summed E-state index contributed by atoms with van der Waals surface area (Å²) in [6.45, 7) is 11.1. The number of fused-ring (bicyclic) bond motifs is 2. The van der Waals surface area contributed by atoms with Gasteiger partial charge in [0, 0.05) is 11.1 Å². The molecule has 0 aliphatic carbocycles. The second-order valence-electron chi connectivity index (χ2n) is 14.0. The minimum absolute atomic E-state index is 0.218. The molecule has 0 fully saturated rings. The van der Waals surface area contributed by atoms with Crippen molar-refractivity contribution in [1.29, 1.82) is 0 Å². The van der Waals surface area contributed by atoms with Gasteiger partial charge in [0.25, 0.3) is 0 Å². The highest BCUT2D eigenvalue weighted by Gasteiger charge is 2.52. The Morgan fingerprint density at radius 3 is 1.18 bits per heavy atom. The first-order valence-electron chi connectivity index (χ1n) is 14.4. The third-order valence-electron chi connectivity index (χ3n) is 9.17. The highest BCUT2D eigenvalue weighted by Crippen LogP contribution is 2.49. The topological polar surface area (TPSA) is 0 Å². The van der Waals surface area contributed by atoms with Crippen LogP contribution in [0.25, 0.3) is 22.3 Å². The van der Waals surface area contributed by atoms with Gasteiger partial charge in [-0.3, -0.25) is 8.97 Å². The second-order valence-corrected chi connectivity index (χ2v) is 14.0. The lowest BCUT2D eigenvalue weighted by atomic mass is 9.69. The lowest BCUT2D eigenvalue weighted by molar-refractivity contribution is 0.117. The quantitative estimate of drug-likeness (QED) is 0.236. The average Bonchev–Trinajstić information content (AvgIpc) is 2.81. The van der Waals surface area contributed by atoms with Gasteiger partial charge in [0.1, 0.15) is 11.4 Å². The summed E-state index contributed by atoms with van der Waals surface area (Å²) in [5.41, 5.74) is 16.9. The second kappa shape index (κ2) is 8.91. The third-order valence-corrected chi connectivity index (χ3v) is 9.17. The summed E-state index contributed by atoms with van der Waals surface area (Å²) in [7, 11) is 9.66. The van der Waals surface area contributed by atoms with E-state index in [1.165, 1.54) is 67.0 Å². The van der Waals surface area contributed by atoms with Crippen molar-refractivity contribution in [2.75, 3.05) is 41.3 Å². The monoisotopic (exact) mass is 516 g/mol. The Bertz CT molecular complexity index is 1440. The van der Waals surface area contributed by atoms with Gasteiger partial charge in [0.15, 0.2) is 0 Å². The fourth-order valence-corrected chi connectivity index (χ4v) is 8.27. The van der Waals surface area contributed by atoms with E-state index >= 15 is 0 Å². The van der Waals surface area contributed by atoms with Crippen LogP contribution < -0.4 is 8.97 Å². The normalized spacial score (nSPS) is 18.5. The predicted molar refractivity (Wildman–Crippen MR) is 170 cm³/mol. The van der Waals surface area contributed by atoms with E-state index in [1.807, 2.05) is 0 Å². The predicted octanol–water partition coefficient (Wildman–Crippen LogP) is 8.19. The Labute approximate surface area is 235 Å². The molecular weight excluding hydrogens is 472 g/mol. The minimum Gasteiger partial charge on any atom is -0.295 e. The Kier molecular flexibility index (Phi) is 5.95. The summed E-state index contributed by atoms with van der Waals surface area (Å²) in [5.74, 6) is 0. The van der Waals surface area contributed by atoms with Crippen molar-refractivity contribution >= 4 is 11.4 Å². The molecule has 2 nitrogen and oxygen atoms in total. The van der Waals surface area contributed by atoms with Gasteiger partial charge in [-0.25, -0.2) is 0 Å². The number of quaternary nitrogens is 2. The maximum atomic E-state index is 2.51. The molecule has 39 heavy (non-hydrogen) atoms. The van der Waals surface area contributed by atoms with Gasteiger partial charge >= 0.3 is 0 Å². The highest BCUT2D eigenvalue weighted by molar-refractivity contribution is 5.72. The van der Waals surface area contributed by atoms with E-state index in [9.17, 15) is 0 Å². The molecule has 0 aromatic heterocycles. The van der Waals surface area contributed by atoms with E-state index in [2.05, 4.69) is 129 Å². The molecule has 2 heterocycles. The Morgan fingerprint density at radius 2 is 0.821 bits per heavy atom. The molecule has 2 aliphatic rings. The summed E-state index contributed by atoms with van der Waals surface area (Å²) in [4.78, 5) is 0. The summed E-state index contributed by atoms with van der Waals surface area (Å²) < 4.78 is 1.88. The molecule has 6 rings (SSSR count). The van der Waals surface area contributed by atoms with Crippen molar-refractivity contribution in [2.24, 2.45) is 5.41 Å². The molecule has 2 heteroatoms. The molecule has 0 saturated carbocycles. The zero-order chi connectivity index (χ0) is 27.7. The molecule has 0 unspecified atom stereocenters. The Balaban J connectivity index is 1.43. The number of aryl methyl sites for hydroxylation is 4. The summed E-state index contributed by atoms with van der Waals surface area (Å²) >= 11 is 0. The molecule has 0 bridgehead atoms. The van der Waals surface area contributed by atoms with E-state index in [4.69, 9.17) is 0 Å². The van der Waals surface area contributed by atoms with Crippen molar-refractivity contribution in [1.82, 2.24) is 8.97 Å². The molecule has 1 spiro atoms. The first-order valence-corrected chi connectivity index (χ1v) is 14.4. The first-order chi connectivity index (χ1) is 18.3. The first kappa shape index (κ1) is 26.0. The maximum absolute atomic E-state index is 2.51. The van der Waals surface area contributed by atoms with Gasteiger partial charge in [0.2, 0.25) is 0 Å². The number of hydrogen-bond donors (Lipinski definition) is 0. The van der Waals surface area contributed by atoms with Gasteiger partial charge in [-0.15, -0.1) is 0 Å². The molecular formula is C37H44N2+2. The number of benzene rings is 4. The van der Waals surface area contributed by atoms with Crippen LogP contribution in [-0.2, 0) is 12.8 Å². The summed E-state index contributed by atoms with van der Waals surface area (Å²) in [6.07, 6.45) is 2.27. The van der Waals surface area contributed by atoms with Crippen LogP contribution in [0.5, 0.6) is 0 Å². The Morgan fingerprint density at radius 1 is 0.462 bits per heavy atom. The zero-order valence-corrected chi connectivity index (χ0v) is 25.2. The molecule has 4 aromatic carbocycles. The molecule has 0 amide bonds. The van der Waals surface area contributed by atoms with Crippen LogP contribution in [0.4, 0.5) is 11.4 Å². The fourth-order valence-electron chi connectivity index (χ4n) is 8.27. The van der Waals surface area contributed by atoms with Gasteiger partial charge in [-0.1, -0.05) is 58.7 Å². The number of hydrogen-bond acceptors (Lipinski definition) is 0.